The van der Waals surface area contributed by atoms with Crippen molar-refractivity contribution in [3.8, 4) is 23.0 Å². The van der Waals surface area contributed by atoms with Gasteiger partial charge in [0.05, 0.1) is 18.2 Å². The van der Waals surface area contributed by atoms with Crippen LogP contribution < -0.4 is 25.3 Å². The first kappa shape index (κ1) is 28.0. The van der Waals surface area contributed by atoms with Crippen molar-refractivity contribution in [2.24, 2.45) is 11.1 Å². The normalized spacial score (nSPS) is 15.7. The minimum atomic E-state index is -1.23. The Kier molecular flexibility index (Phi) is 7.09. The van der Waals surface area contributed by atoms with E-state index in [1.165, 1.54) is 25.4 Å². The molecule has 3 N–H and O–H groups in total. The number of carbonyl (C=O) groups excluding carboxylic acids is 3. The first-order chi connectivity index (χ1) is 20.7. The summed E-state index contributed by atoms with van der Waals surface area (Å²) in [4.78, 5) is 41.0. The molecule has 1 aromatic heterocycles. The highest BCUT2D eigenvalue weighted by Crippen LogP contribution is 2.46. The zero-order chi connectivity index (χ0) is 30.2. The van der Waals surface area contributed by atoms with E-state index in [0.717, 1.165) is 6.07 Å². The van der Waals surface area contributed by atoms with Gasteiger partial charge in [-0.1, -0.05) is 18.2 Å². The Bertz CT molecular complexity index is 1740. The molecule has 2 aliphatic rings. The molecule has 3 aromatic carbocycles. The monoisotopic (exact) mass is 585 g/mol. The fraction of sp³-hybridized carbons (Fsp3) is 0.250. The maximum absolute atomic E-state index is 15.0. The van der Waals surface area contributed by atoms with E-state index in [1.807, 2.05) is 6.07 Å². The van der Waals surface area contributed by atoms with Gasteiger partial charge in [0.15, 0.2) is 23.1 Å². The Labute approximate surface area is 245 Å². The summed E-state index contributed by atoms with van der Waals surface area (Å²) in [6, 6.07) is 17.7. The molecule has 0 atom stereocenters. The molecule has 220 valence electrons. The fourth-order valence-electron chi connectivity index (χ4n) is 4.69. The summed E-state index contributed by atoms with van der Waals surface area (Å²) in [6.07, 6.45) is 3.61. The van der Waals surface area contributed by atoms with Gasteiger partial charge in [-0.15, -0.1) is 0 Å². The number of nitrogens with one attached hydrogen (secondary N) is 1. The lowest BCUT2D eigenvalue weighted by molar-refractivity contribution is -0.132. The molecular weight excluding hydrogens is 557 g/mol. The molecule has 1 heterocycles. The number of ether oxygens (including phenoxy) is 4. The number of fused-ring (bicyclic) bond motifs is 1. The molecule has 0 bridgehead atoms. The summed E-state index contributed by atoms with van der Waals surface area (Å²) in [5.41, 5.74) is 4.55. The third-order valence-electron chi connectivity index (χ3n) is 7.67. The van der Waals surface area contributed by atoms with Crippen LogP contribution in [0.4, 0.5) is 10.1 Å². The second kappa shape index (κ2) is 10.9. The van der Waals surface area contributed by atoms with Crippen LogP contribution >= 0.6 is 0 Å². The number of primary amides is 1. The lowest BCUT2D eigenvalue weighted by Crippen LogP contribution is -2.36. The van der Waals surface area contributed by atoms with E-state index in [4.69, 9.17) is 24.7 Å². The molecule has 2 saturated carbocycles. The molecule has 0 spiro atoms. The van der Waals surface area contributed by atoms with Crippen LogP contribution in [0.25, 0.3) is 10.9 Å². The zero-order valence-electron chi connectivity index (χ0n) is 23.2. The highest BCUT2D eigenvalue weighted by atomic mass is 19.1. The maximum atomic E-state index is 15.0. The number of anilines is 1. The first-order valence-electron chi connectivity index (χ1n) is 13.7. The average Bonchev–Trinajstić information content (AvgIpc) is 3.94. The third-order valence-corrected chi connectivity index (χ3v) is 7.67. The van der Waals surface area contributed by atoms with Crippen LogP contribution in [0.2, 0.25) is 0 Å². The molecule has 2 aliphatic carbocycles. The van der Waals surface area contributed by atoms with Crippen LogP contribution in [0.1, 0.15) is 36.0 Å². The lowest BCUT2D eigenvalue weighted by Gasteiger charge is -2.19. The number of aromatic nitrogens is 1. The number of esters is 1. The van der Waals surface area contributed by atoms with Crippen LogP contribution in [0.15, 0.2) is 72.9 Å². The summed E-state index contributed by atoms with van der Waals surface area (Å²) in [5.74, 6) is -1.37. The van der Waals surface area contributed by atoms with Crippen molar-refractivity contribution in [3.63, 3.8) is 0 Å². The zero-order valence-corrected chi connectivity index (χ0v) is 23.2. The fourth-order valence-corrected chi connectivity index (χ4v) is 4.69. The first-order valence-corrected chi connectivity index (χ1v) is 13.7. The molecule has 0 aliphatic heterocycles. The van der Waals surface area contributed by atoms with Gasteiger partial charge in [-0.05, 0) is 62.1 Å². The van der Waals surface area contributed by atoms with Gasteiger partial charge in [0.1, 0.15) is 23.4 Å². The van der Waals surface area contributed by atoms with E-state index >= 15 is 4.39 Å². The standard InChI is InChI=1S/C32H28FN3O7/c1-40-26-16-21-23(17-27(26)41-18-31(10-11-31)43-28(37)19-5-3-2-4-6-19)35-14-9-24(21)42-25-8-7-20(15-22(25)33)36-30(39)32(12-13-32)29(34)38/h2-9,14-17H,10-13,18H2,1H3,(H2,34,38)(H,36,39). The number of carbonyl (C=O) groups is 3. The van der Waals surface area contributed by atoms with Crippen molar-refractivity contribution in [2.75, 3.05) is 19.0 Å². The largest absolute Gasteiger partial charge is 0.493 e. The minimum absolute atomic E-state index is 0.0864. The van der Waals surface area contributed by atoms with Crippen molar-refractivity contribution >= 4 is 34.4 Å². The number of benzene rings is 3. The quantitative estimate of drug-likeness (QED) is 0.182. The molecular formula is C32H28FN3O7. The van der Waals surface area contributed by atoms with Crippen molar-refractivity contribution in [2.45, 2.75) is 31.3 Å². The van der Waals surface area contributed by atoms with Gasteiger partial charge in [0.2, 0.25) is 11.8 Å². The number of hydrogen-bond acceptors (Lipinski definition) is 8. The number of pyridine rings is 1. The van der Waals surface area contributed by atoms with E-state index in [0.29, 0.717) is 59.4 Å². The second-order valence-corrected chi connectivity index (χ2v) is 10.7. The van der Waals surface area contributed by atoms with Crippen LogP contribution in [0, 0.1) is 11.2 Å². The van der Waals surface area contributed by atoms with Crippen LogP contribution in [0.3, 0.4) is 0 Å². The van der Waals surface area contributed by atoms with Crippen molar-refractivity contribution in [1.82, 2.24) is 4.98 Å². The highest BCUT2D eigenvalue weighted by molar-refractivity contribution is 6.12. The lowest BCUT2D eigenvalue weighted by atomic mass is 10.1. The smallest absolute Gasteiger partial charge is 0.338 e. The Morgan fingerprint density at radius 2 is 1.70 bits per heavy atom. The molecule has 0 unspecified atom stereocenters. The maximum Gasteiger partial charge on any atom is 0.338 e. The molecule has 4 aromatic rings. The summed E-state index contributed by atoms with van der Waals surface area (Å²) in [5, 5.41) is 3.09. The van der Waals surface area contributed by atoms with Gasteiger partial charge in [-0.25, -0.2) is 9.18 Å². The summed E-state index contributed by atoms with van der Waals surface area (Å²) in [7, 11) is 1.49. The van der Waals surface area contributed by atoms with Crippen LogP contribution in [-0.2, 0) is 14.3 Å². The van der Waals surface area contributed by atoms with Gasteiger partial charge in [-0.2, -0.15) is 0 Å². The molecule has 2 amide bonds. The van der Waals surface area contributed by atoms with Crippen molar-refractivity contribution < 1.29 is 37.7 Å². The van der Waals surface area contributed by atoms with Gasteiger partial charge < -0.3 is 30.0 Å². The topological polar surface area (TPSA) is 139 Å². The molecule has 11 heteroatoms. The van der Waals surface area contributed by atoms with Gasteiger partial charge >= 0.3 is 5.97 Å². The summed E-state index contributed by atoms with van der Waals surface area (Å²) < 4.78 is 38.3. The Morgan fingerprint density at radius 3 is 2.35 bits per heavy atom. The number of nitrogens with two attached hydrogens (primary N) is 1. The number of rotatable bonds is 11. The number of amides is 2. The highest BCUT2D eigenvalue weighted by Gasteiger charge is 2.55. The average molecular weight is 586 g/mol. The summed E-state index contributed by atoms with van der Waals surface area (Å²) >= 11 is 0. The Hall–Kier alpha value is -5.19. The molecule has 43 heavy (non-hydrogen) atoms. The van der Waals surface area contributed by atoms with E-state index < -0.39 is 34.6 Å². The second-order valence-electron chi connectivity index (χ2n) is 10.7. The van der Waals surface area contributed by atoms with Crippen LogP contribution in [-0.4, -0.2) is 42.1 Å². The van der Waals surface area contributed by atoms with Crippen LogP contribution in [0.5, 0.6) is 23.0 Å². The Balaban J connectivity index is 1.17. The number of hydrogen-bond donors (Lipinski definition) is 2. The van der Waals surface area contributed by atoms with E-state index in [-0.39, 0.29) is 18.0 Å². The van der Waals surface area contributed by atoms with Gasteiger partial charge in [0, 0.05) is 29.4 Å². The van der Waals surface area contributed by atoms with Gasteiger partial charge in [-0.3, -0.25) is 14.6 Å². The Morgan fingerprint density at radius 1 is 0.930 bits per heavy atom. The SMILES string of the molecule is COc1cc2c(Oc3ccc(NC(=O)C4(C(N)=O)CC4)cc3F)ccnc2cc1OCC1(OC(=O)c2ccccc2)CC1. The summed E-state index contributed by atoms with van der Waals surface area (Å²) in [6.45, 7) is 0.137. The third kappa shape index (κ3) is 5.66. The molecule has 10 nitrogen and oxygen atoms in total. The van der Waals surface area contributed by atoms with Crippen molar-refractivity contribution in [3.05, 3.63) is 84.3 Å². The molecule has 0 radical (unpaired) electrons. The van der Waals surface area contributed by atoms with Gasteiger partial charge in [0.25, 0.3) is 0 Å². The van der Waals surface area contributed by atoms with E-state index in [9.17, 15) is 14.4 Å². The molecule has 2 fully saturated rings. The minimum Gasteiger partial charge on any atom is -0.493 e. The molecule has 0 saturated heterocycles. The predicted molar refractivity (Wildman–Crippen MR) is 154 cm³/mol. The predicted octanol–water partition coefficient (Wildman–Crippen LogP) is 5.15. The number of methoxy groups -OCH3 is 1. The van der Waals surface area contributed by atoms with Crippen molar-refractivity contribution in [1.29, 1.82) is 0 Å². The number of nitrogens with zero attached hydrogens (tertiary/aromatic N) is 1. The van der Waals surface area contributed by atoms with E-state index in [2.05, 4.69) is 10.3 Å². The number of halogens is 1. The molecule has 6 rings (SSSR count). The van der Waals surface area contributed by atoms with E-state index in [1.54, 1.807) is 42.5 Å².